The lowest BCUT2D eigenvalue weighted by Crippen LogP contribution is -2.18. The van der Waals surface area contributed by atoms with E-state index in [1.807, 2.05) is 0 Å². The van der Waals surface area contributed by atoms with Crippen LogP contribution >= 0.6 is 34.8 Å². The summed E-state index contributed by atoms with van der Waals surface area (Å²) in [6, 6.07) is 6.58. The van der Waals surface area contributed by atoms with Gasteiger partial charge in [-0.3, -0.25) is 4.79 Å². The van der Waals surface area contributed by atoms with Crippen LogP contribution in [0.3, 0.4) is 0 Å². The zero-order valence-electron chi connectivity index (χ0n) is 6.95. The molecule has 0 aliphatic rings. The molecule has 5 heteroatoms. The zero-order valence-corrected chi connectivity index (χ0v) is 9.22. The number of hydrogen-bond acceptors (Lipinski definition) is 1. The first-order valence-electron chi connectivity index (χ1n) is 3.79. The number of carboxylic acid groups (broad SMARTS) is 1. The smallest absolute Gasteiger partial charge is 0.323 e. The fourth-order valence-corrected chi connectivity index (χ4v) is 1.47. The molecular formula is C9H7Cl3O2. The number of alkyl halides is 2. The first-order chi connectivity index (χ1) is 6.52. The molecule has 0 saturated heterocycles. The first-order valence-corrected chi connectivity index (χ1v) is 5.04. The number of carbonyl (C=O) groups is 1. The van der Waals surface area contributed by atoms with Crippen LogP contribution in [-0.2, 0) is 4.79 Å². The molecule has 1 aromatic carbocycles. The van der Waals surface area contributed by atoms with Gasteiger partial charge in [-0.15, -0.1) is 23.2 Å². The molecule has 0 saturated carbocycles. The molecule has 1 aromatic rings. The van der Waals surface area contributed by atoms with Crippen LogP contribution in [0.5, 0.6) is 0 Å². The van der Waals surface area contributed by atoms with E-state index in [9.17, 15) is 4.79 Å². The molecular weight excluding hydrogens is 246 g/mol. The number of hydrogen-bond donors (Lipinski definition) is 1. The summed E-state index contributed by atoms with van der Waals surface area (Å²) in [7, 11) is 0. The normalized spacial score (nSPS) is 14.8. The Bertz CT molecular complexity index is 323. The fraction of sp³-hybridized carbons (Fsp3) is 0.222. The lowest BCUT2D eigenvalue weighted by Gasteiger charge is -2.12. The van der Waals surface area contributed by atoms with Gasteiger partial charge in [0.1, 0.15) is 0 Å². The van der Waals surface area contributed by atoms with Crippen molar-refractivity contribution >= 4 is 40.8 Å². The predicted molar refractivity (Wildman–Crippen MR) is 57.3 cm³/mol. The minimum absolute atomic E-state index is 0.569. The van der Waals surface area contributed by atoms with E-state index in [-0.39, 0.29) is 0 Å². The van der Waals surface area contributed by atoms with Crippen LogP contribution in [0.25, 0.3) is 0 Å². The van der Waals surface area contributed by atoms with Crippen LogP contribution in [0.15, 0.2) is 24.3 Å². The molecule has 0 aromatic heterocycles. The SMILES string of the molecule is O=C(O)[C@H](Cl)[C@H](Cl)c1ccc(Cl)cc1. The second-order valence-electron chi connectivity index (χ2n) is 2.69. The monoisotopic (exact) mass is 252 g/mol. The third-order valence-corrected chi connectivity index (χ3v) is 3.00. The molecule has 1 rings (SSSR count). The Morgan fingerprint density at radius 3 is 2.14 bits per heavy atom. The highest BCUT2D eigenvalue weighted by Crippen LogP contribution is 2.28. The van der Waals surface area contributed by atoms with Crippen molar-refractivity contribution in [2.45, 2.75) is 10.8 Å². The third-order valence-electron chi connectivity index (χ3n) is 1.68. The summed E-state index contributed by atoms with van der Waals surface area (Å²) in [4.78, 5) is 10.5. The highest BCUT2D eigenvalue weighted by molar-refractivity contribution is 6.36. The number of halogens is 3. The number of benzene rings is 1. The topological polar surface area (TPSA) is 37.3 Å². The summed E-state index contributed by atoms with van der Waals surface area (Å²) in [5.41, 5.74) is 0.637. The van der Waals surface area contributed by atoms with Gasteiger partial charge in [0.25, 0.3) is 0 Å². The Hall–Kier alpha value is -0.440. The van der Waals surface area contributed by atoms with Gasteiger partial charge < -0.3 is 5.11 Å². The lowest BCUT2D eigenvalue weighted by molar-refractivity contribution is -0.136. The second-order valence-corrected chi connectivity index (χ2v) is 4.07. The Morgan fingerprint density at radius 2 is 1.71 bits per heavy atom. The van der Waals surface area contributed by atoms with E-state index in [0.29, 0.717) is 10.6 Å². The van der Waals surface area contributed by atoms with Crippen molar-refractivity contribution < 1.29 is 9.90 Å². The largest absolute Gasteiger partial charge is 0.480 e. The average molecular weight is 254 g/mol. The van der Waals surface area contributed by atoms with Crippen molar-refractivity contribution in [3.8, 4) is 0 Å². The molecule has 0 heterocycles. The quantitative estimate of drug-likeness (QED) is 0.839. The molecule has 0 unspecified atom stereocenters. The lowest BCUT2D eigenvalue weighted by atomic mass is 10.1. The van der Waals surface area contributed by atoms with Gasteiger partial charge in [-0.05, 0) is 17.7 Å². The molecule has 0 aliphatic heterocycles. The van der Waals surface area contributed by atoms with Crippen molar-refractivity contribution in [2.75, 3.05) is 0 Å². The Morgan fingerprint density at radius 1 is 1.21 bits per heavy atom. The van der Waals surface area contributed by atoms with Gasteiger partial charge >= 0.3 is 5.97 Å². The van der Waals surface area contributed by atoms with Gasteiger partial charge in [-0.2, -0.15) is 0 Å². The molecule has 0 aliphatic carbocycles. The van der Waals surface area contributed by atoms with Gasteiger partial charge in [0.2, 0.25) is 0 Å². The molecule has 0 spiro atoms. The molecule has 2 nitrogen and oxygen atoms in total. The van der Waals surface area contributed by atoms with E-state index in [4.69, 9.17) is 39.9 Å². The molecule has 0 fully saturated rings. The first kappa shape index (κ1) is 11.6. The molecule has 2 atom stereocenters. The number of rotatable bonds is 3. The van der Waals surface area contributed by atoms with Gasteiger partial charge in [0, 0.05) is 5.02 Å². The highest BCUT2D eigenvalue weighted by Gasteiger charge is 2.25. The van der Waals surface area contributed by atoms with Crippen LogP contribution in [0.1, 0.15) is 10.9 Å². The van der Waals surface area contributed by atoms with Crippen molar-refractivity contribution in [3.63, 3.8) is 0 Å². The summed E-state index contributed by atoms with van der Waals surface area (Å²) >= 11 is 17.1. The zero-order chi connectivity index (χ0) is 10.7. The van der Waals surface area contributed by atoms with Crippen LogP contribution in [0.2, 0.25) is 5.02 Å². The Labute approximate surface area is 96.4 Å². The summed E-state index contributed by atoms with van der Waals surface area (Å²) in [6.07, 6.45) is 0. The van der Waals surface area contributed by atoms with Gasteiger partial charge in [-0.25, -0.2) is 0 Å². The van der Waals surface area contributed by atoms with E-state index < -0.39 is 16.7 Å². The maximum absolute atomic E-state index is 10.5. The average Bonchev–Trinajstić information content (AvgIpc) is 2.16. The fourth-order valence-electron chi connectivity index (χ4n) is 0.941. The Balaban J connectivity index is 2.84. The molecule has 0 radical (unpaired) electrons. The van der Waals surface area contributed by atoms with Crippen molar-refractivity contribution in [1.82, 2.24) is 0 Å². The van der Waals surface area contributed by atoms with Gasteiger partial charge in [-0.1, -0.05) is 23.7 Å². The second kappa shape index (κ2) is 4.87. The van der Waals surface area contributed by atoms with Crippen molar-refractivity contribution in [3.05, 3.63) is 34.9 Å². The van der Waals surface area contributed by atoms with Gasteiger partial charge in [0.15, 0.2) is 5.38 Å². The summed E-state index contributed by atoms with van der Waals surface area (Å²) in [5, 5.41) is 7.30. The minimum atomic E-state index is -1.14. The number of aliphatic carboxylic acids is 1. The summed E-state index contributed by atoms with van der Waals surface area (Å²) in [5.74, 6) is -1.14. The van der Waals surface area contributed by atoms with Crippen molar-refractivity contribution in [1.29, 1.82) is 0 Å². The van der Waals surface area contributed by atoms with Crippen LogP contribution < -0.4 is 0 Å². The van der Waals surface area contributed by atoms with E-state index in [0.717, 1.165) is 0 Å². The maximum Gasteiger partial charge on any atom is 0.323 e. The van der Waals surface area contributed by atoms with Gasteiger partial charge in [0.05, 0.1) is 5.38 Å². The summed E-state index contributed by atoms with van der Waals surface area (Å²) in [6.45, 7) is 0. The van der Waals surface area contributed by atoms with Crippen LogP contribution in [0.4, 0.5) is 0 Å². The molecule has 14 heavy (non-hydrogen) atoms. The number of carboxylic acids is 1. The minimum Gasteiger partial charge on any atom is -0.480 e. The van der Waals surface area contributed by atoms with Crippen LogP contribution in [-0.4, -0.2) is 16.5 Å². The van der Waals surface area contributed by atoms with Crippen molar-refractivity contribution in [2.24, 2.45) is 0 Å². The third kappa shape index (κ3) is 2.77. The highest BCUT2D eigenvalue weighted by atomic mass is 35.5. The van der Waals surface area contributed by atoms with E-state index in [1.54, 1.807) is 24.3 Å². The predicted octanol–water partition coefficient (Wildman–Crippen LogP) is 3.31. The standard InChI is InChI=1S/C9H7Cl3O2/c10-6-3-1-5(2-4-6)7(11)8(12)9(13)14/h1-4,7-8H,(H,13,14)/t7-,8-/m1/s1. The Kier molecular flexibility index (Phi) is 4.05. The molecule has 1 N–H and O–H groups in total. The van der Waals surface area contributed by atoms with Crippen LogP contribution in [0, 0.1) is 0 Å². The van der Waals surface area contributed by atoms with E-state index >= 15 is 0 Å². The van der Waals surface area contributed by atoms with E-state index in [2.05, 4.69) is 0 Å². The molecule has 0 amide bonds. The van der Waals surface area contributed by atoms with E-state index in [1.165, 1.54) is 0 Å². The molecule has 0 bridgehead atoms. The maximum atomic E-state index is 10.5. The summed E-state index contributed by atoms with van der Waals surface area (Å²) < 4.78 is 0. The molecule has 76 valence electrons.